The van der Waals surface area contributed by atoms with Crippen molar-refractivity contribution in [2.75, 3.05) is 7.11 Å². The van der Waals surface area contributed by atoms with E-state index in [1.54, 1.807) is 0 Å². The first kappa shape index (κ1) is 12.3. The summed E-state index contributed by atoms with van der Waals surface area (Å²) in [5.74, 6) is -0.960. The van der Waals surface area contributed by atoms with Gasteiger partial charge >= 0.3 is 5.97 Å². The zero-order valence-corrected chi connectivity index (χ0v) is 8.53. The van der Waals surface area contributed by atoms with E-state index in [0.29, 0.717) is 0 Å². The molecule has 0 saturated heterocycles. The average molecular weight is 200 g/mol. The highest BCUT2D eigenvalue weighted by molar-refractivity contribution is 6.66. The van der Waals surface area contributed by atoms with Gasteiger partial charge in [0.25, 0.3) is 0 Å². The molecule has 0 radical (unpaired) electrons. The predicted octanol–water partition coefficient (Wildman–Crippen LogP) is 0.517. The van der Waals surface area contributed by atoms with Crippen LogP contribution in [-0.4, -0.2) is 30.3 Å². The van der Waals surface area contributed by atoms with Crippen LogP contribution < -0.4 is 0 Å². The highest BCUT2D eigenvalue weighted by Gasteiger charge is 2.12. The Morgan fingerprint density at radius 1 is 1.07 bits per heavy atom. The zero-order valence-electron chi connectivity index (χ0n) is 8.53. The molecule has 78 valence electrons. The van der Waals surface area contributed by atoms with Gasteiger partial charge in [0, 0.05) is 13.8 Å². The van der Waals surface area contributed by atoms with Crippen molar-refractivity contribution >= 4 is 23.2 Å². The lowest BCUT2D eigenvalue weighted by Crippen LogP contribution is -2.20. The van der Waals surface area contributed by atoms with Gasteiger partial charge in [0.15, 0.2) is 11.5 Å². The number of ketones is 1. The van der Waals surface area contributed by atoms with E-state index < -0.39 is 5.97 Å². The minimum absolute atomic E-state index is 0.0398. The molecule has 0 amide bonds. The Hall–Kier alpha value is -1.72. The summed E-state index contributed by atoms with van der Waals surface area (Å²) in [5, 5.41) is 6.85. The monoisotopic (exact) mass is 200 g/mol. The van der Waals surface area contributed by atoms with Crippen LogP contribution in [0.5, 0.6) is 0 Å². The fourth-order valence-electron chi connectivity index (χ4n) is 0.675. The molecule has 0 spiro atoms. The quantitative estimate of drug-likeness (QED) is 0.376. The van der Waals surface area contributed by atoms with E-state index in [0.717, 1.165) is 0 Å². The molecule has 6 heteroatoms. The number of Topliss-reactive ketones (excluding diaryl/α,β-unsaturated/α-hetero) is 1. The van der Waals surface area contributed by atoms with Crippen LogP contribution in [0.4, 0.5) is 0 Å². The second kappa shape index (κ2) is 5.85. The molecule has 14 heavy (non-hydrogen) atoms. The van der Waals surface area contributed by atoms with Gasteiger partial charge in [0.1, 0.15) is 12.8 Å². The van der Waals surface area contributed by atoms with Crippen molar-refractivity contribution in [3.63, 3.8) is 0 Å². The third-order valence-electron chi connectivity index (χ3n) is 1.17. The van der Waals surface area contributed by atoms with Gasteiger partial charge in [-0.2, -0.15) is 0 Å². The van der Waals surface area contributed by atoms with Crippen molar-refractivity contribution in [2.24, 2.45) is 10.3 Å². The van der Waals surface area contributed by atoms with E-state index in [1.807, 2.05) is 0 Å². The molecular formula is C8H12N2O4. The number of carbonyl (C=O) groups is 2. The Kier molecular flexibility index (Phi) is 5.13. The van der Waals surface area contributed by atoms with Gasteiger partial charge in [-0.3, -0.25) is 4.79 Å². The van der Waals surface area contributed by atoms with Crippen LogP contribution >= 0.6 is 0 Å². The van der Waals surface area contributed by atoms with Gasteiger partial charge in [-0.1, -0.05) is 10.3 Å². The number of hydrogen-bond donors (Lipinski definition) is 0. The van der Waals surface area contributed by atoms with Crippen LogP contribution in [-0.2, 0) is 19.3 Å². The Labute approximate surface area is 81.5 Å². The van der Waals surface area contributed by atoms with Gasteiger partial charge in [-0.15, -0.1) is 0 Å². The number of nitrogens with zero attached hydrogens (tertiary/aromatic N) is 2. The molecule has 0 aromatic heterocycles. The van der Waals surface area contributed by atoms with Crippen molar-refractivity contribution in [3.8, 4) is 0 Å². The standard InChI is InChI=1S/C8H12N2O4/c1-5(9-13-4)8(6(2)11)10-14-7(3)12/h1-4H3. The molecular weight excluding hydrogens is 188 g/mol. The van der Waals surface area contributed by atoms with E-state index in [1.165, 1.54) is 27.9 Å². The Balaban J connectivity index is 4.76. The van der Waals surface area contributed by atoms with Gasteiger partial charge in [0.2, 0.25) is 0 Å². The number of rotatable bonds is 4. The third kappa shape index (κ3) is 4.34. The lowest BCUT2D eigenvalue weighted by molar-refractivity contribution is -0.140. The van der Waals surface area contributed by atoms with Crippen molar-refractivity contribution in [2.45, 2.75) is 20.8 Å². The lowest BCUT2D eigenvalue weighted by atomic mass is 10.2. The first-order chi connectivity index (χ1) is 6.49. The SMILES string of the molecule is CON=C(C)C(=NOC(C)=O)C(C)=O. The summed E-state index contributed by atoms with van der Waals surface area (Å²) in [6.07, 6.45) is 0. The van der Waals surface area contributed by atoms with Gasteiger partial charge < -0.3 is 9.68 Å². The van der Waals surface area contributed by atoms with E-state index >= 15 is 0 Å². The smallest absolute Gasteiger partial charge is 0.332 e. The highest BCUT2D eigenvalue weighted by Crippen LogP contribution is 1.91. The van der Waals surface area contributed by atoms with Gasteiger partial charge in [-0.25, -0.2) is 4.79 Å². The number of carbonyl (C=O) groups excluding carboxylic acids is 2. The van der Waals surface area contributed by atoms with Crippen LogP contribution in [0.2, 0.25) is 0 Å². The third-order valence-corrected chi connectivity index (χ3v) is 1.17. The summed E-state index contributed by atoms with van der Waals surface area (Å²) in [6.45, 7) is 3.99. The van der Waals surface area contributed by atoms with Crippen LogP contribution in [0, 0.1) is 0 Å². The van der Waals surface area contributed by atoms with Crippen LogP contribution in [0.15, 0.2) is 10.3 Å². The number of hydrogen-bond acceptors (Lipinski definition) is 6. The molecule has 0 rings (SSSR count). The fourth-order valence-corrected chi connectivity index (χ4v) is 0.675. The summed E-state index contributed by atoms with van der Waals surface area (Å²) in [6, 6.07) is 0. The molecule has 0 aromatic rings. The van der Waals surface area contributed by atoms with E-state index in [2.05, 4.69) is 20.0 Å². The number of oxime groups is 2. The molecule has 0 aliphatic rings. The van der Waals surface area contributed by atoms with Crippen LogP contribution in [0.25, 0.3) is 0 Å². The zero-order chi connectivity index (χ0) is 11.1. The maximum Gasteiger partial charge on any atom is 0.332 e. The lowest BCUT2D eigenvalue weighted by Gasteiger charge is -1.99. The largest absolute Gasteiger partial charge is 0.399 e. The molecule has 0 aliphatic carbocycles. The maximum atomic E-state index is 11.0. The van der Waals surface area contributed by atoms with Crippen molar-refractivity contribution < 1.29 is 19.3 Å². The first-order valence-electron chi connectivity index (χ1n) is 3.83. The van der Waals surface area contributed by atoms with Crippen molar-refractivity contribution in [1.29, 1.82) is 0 Å². The fraction of sp³-hybridized carbons (Fsp3) is 0.500. The molecule has 0 heterocycles. The molecule has 0 bridgehead atoms. The van der Waals surface area contributed by atoms with Gasteiger partial charge in [-0.05, 0) is 6.92 Å². The molecule has 0 saturated carbocycles. The van der Waals surface area contributed by atoms with Gasteiger partial charge in [0.05, 0.1) is 0 Å². The molecule has 0 atom stereocenters. The Morgan fingerprint density at radius 3 is 2.00 bits per heavy atom. The topological polar surface area (TPSA) is 77.3 Å². The van der Waals surface area contributed by atoms with Crippen molar-refractivity contribution in [3.05, 3.63) is 0 Å². The summed E-state index contributed by atoms with van der Waals surface area (Å²) in [5.41, 5.74) is 0.211. The normalized spacial score (nSPS) is 12.3. The minimum atomic E-state index is -0.603. The highest BCUT2D eigenvalue weighted by atomic mass is 16.7. The van der Waals surface area contributed by atoms with Crippen LogP contribution in [0.1, 0.15) is 20.8 Å². The minimum Gasteiger partial charge on any atom is -0.399 e. The molecule has 0 fully saturated rings. The molecule has 0 aromatic carbocycles. The average Bonchev–Trinajstić information content (AvgIpc) is 2.03. The first-order valence-corrected chi connectivity index (χ1v) is 3.83. The Morgan fingerprint density at radius 2 is 1.64 bits per heavy atom. The second-order valence-corrected chi connectivity index (χ2v) is 2.44. The van der Waals surface area contributed by atoms with E-state index in [9.17, 15) is 9.59 Å². The summed E-state index contributed by atoms with van der Waals surface area (Å²) < 4.78 is 0. The molecule has 0 unspecified atom stereocenters. The second-order valence-electron chi connectivity index (χ2n) is 2.44. The molecule has 0 N–H and O–H groups in total. The van der Waals surface area contributed by atoms with Crippen LogP contribution in [0.3, 0.4) is 0 Å². The molecule has 0 aliphatic heterocycles. The van der Waals surface area contributed by atoms with E-state index in [4.69, 9.17) is 0 Å². The maximum absolute atomic E-state index is 11.0. The summed E-state index contributed by atoms with van der Waals surface area (Å²) >= 11 is 0. The van der Waals surface area contributed by atoms with E-state index in [-0.39, 0.29) is 17.2 Å². The molecule has 6 nitrogen and oxygen atoms in total. The van der Waals surface area contributed by atoms with Crippen molar-refractivity contribution in [1.82, 2.24) is 0 Å². The summed E-state index contributed by atoms with van der Waals surface area (Å²) in [7, 11) is 1.34. The summed E-state index contributed by atoms with van der Waals surface area (Å²) in [4.78, 5) is 30.2. The predicted molar refractivity (Wildman–Crippen MR) is 50.0 cm³/mol. The Bertz CT molecular complexity index is 294.